The van der Waals surface area contributed by atoms with Gasteiger partial charge in [-0.2, -0.15) is 0 Å². The van der Waals surface area contributed by atoms with Crippen molar-refractivity contribution in [2.75, 3.05) is 38.7 Å². The van der Waals surface area contributed by atoms with Crippen LogP contribution in [-0.2, 0) is 16.1 Å². The Bertz CT molecular complexity index is 1240. The summed E-state index contributed by atoms with van der Waals surface area (Å²) in [6.07, 6.45) is 10.7. The Balaban J connectivity index is 1.47. The number of carbonyl (C=O) groups excluding carboxylic acids is 1. The van der Waals surface area contributed by atoms with E-state index in [4.69, 9.17) is 14.5 Å². The molecule has 0 unspecified atom stereocenters. The van der Waals surface area contributed by atoms with Crippen molar-refractivity contribution < 1.29 is 14.3 Å². The van der Waals surface area contributed by atoms with E-state index in [2.05, 4.69) is 37.4 Å². The van der Waals surface area contributed by atoms with Crippen LogP contribution in [0.1, 0.15) is 51.3 Å². The largest absolute Gasteiger partial charge is 0.491 e. The van der Waals surface area contributed by atoms with Crippen molar-refractivity contribution in [3.63, 3.8) is 0 Å². The molecule has 3 aromatic rings. The highest BCUT2D eigenvalue weighted by atomic mass is 16.5. The van der Waals surface area contributed by atoms with E-state index in [9.17, 15) is 4.79 Å². The second-order valence-corrected chi connectivity index (χ2v) is 10.1. The van der Waals surface area contributed by atoms with Crippen molar-refractivity contribution in [1.82, 2.24) is 30.2 Å². The van der Waals surface area contributed by atoms with Gasteiger partial charge in [0, 0.05) is 49.3 Å². The molecule has 2 atom stereocenters. The monoisotopic (exact) mass is 519 g/mol. The first-order chi connectivity index (χ1) is 18.6. The van der Waals surface area contributed by atoms with Crippen molar-refractivity contribution in [3.8, 4) is 16.9 Å². The van der Waals surface area contributed by atoms with Gasteiger partial charge in [-0.25, -0.2) is 15.0 Å². The number of aromatic nitrogens is 4. The zero-order valence-electron chi connectivity index (χ0n) is 22.3. The fourth-order valence-electron chi connectivity index (χ4n) is 5.01. The molecule has 1 fully saturated rings. The molecule has 0 saturated carbocycles. The summed E-state index contributed by atoms with van der Waals surface area (Å²) in [5.74, 6) is 2.13. The molecule has 0 aliphatic carbocycles. The lowest BCUT2D eigenvalue weighted by Crippen LogP contribution is -2.52. The Hall–Kier alpha value is -3.37. The zero-order chi connectivity index (χ0) is 26.3. The predicted molar refractivity (Wildman–Crippen MR) is 146 cm³/mol. The number of rotatable bonds is 5. The van der Waals surface area contributed by atoms with Gasteiger partial charge in [0.05, 0.1) is 24.4 Å². The maximum Gasteiger partial charge on any atom is 0.237 e. The van der Waals surface area contributed by atoms with Gasteiger partial charge in [-0.05, 0) is 57.7 Å². The second-order valence-electron chi connectivity index (χ2n) is 10.1. The molecule has 2 aliphatic heterocycles. The predicted octanol–water partition coefficient (Wildman–Crippen LogP) is 3.57. The number of anilines is 1. The van der Waals surface area contributed by atoms with Gasteiger partial charge in [-0.1, -0.05) is 6.92 Å². The number of likely N-dealkylation sites (tertiary alicyclic amines) is 1. The van der Waals surface area contributed by atoms with Crippen molar-refractivity contribution >= 4 is 22.8 Å². The summed E-state index contributed by atoms with van der Waals surface area (Å²) in [6.45, 7) is 5.22. The molecule has 202 valence electrons. The maximum absolute atomic E-state index is 12.8. The Morgan fingerprint density at radius 2 is 2.00 bits per heavy atom. The molecule has 38 heavy (non-hydrogen) atoms. The molecule has 0 radical (unpaired) electrons. The third-order valence-electron chi connectivity index (χ3n) is 7.16. The summed E-state index contributed by atoms with van der Waals surface area (Å²) < 4.78 is 12.0. The molecule has 0 spiro atoms. The molecule has 10 nitrogen and oxygen atoms in total. The van der Waals surface area contributed by atoms with Crippen LogP contribution in [0.2, 0.25) is 0 Å². The summed E-state index contributed by atoms with van der Waals surface area (Å²) in [5.41, 5.74) is 3.22. The lowest BCUT2D eigenvalue weighted by atomic mass is 9.97. The minimum Gasteiger partial charge on any atom is -0.491 e. The first kappa shape index (κ1) is 26.2. The Morgan fingerprint density at radius 3 is 2.84 bits per heavy atom. The van der Waals surface area contributed by atoms with Gasteiger partial charge in [0.25, 0.3) is 0 Å². The van der Waals surface area contributed by atoms with Crippen LogP contribution in [0.25, 0.3) is 22.2 Å². The highest BCUT2D eigenvalue weighted by molar-refractivity contribution is 5.90. The number of likely N-dealkylation sites (N-methyl/N-ethyl adjacent to an activating group) is 1. The van der Waals surface area contributed by atoms with Gasteiger partial charge in [-0.3, -0.25) is 14.7 Å². The van der Waals surface area contributed by atoms with E-state index in [1.807, 2.05) is 31.6 Å². The first-order valence-electron chi connectivity index (χ1n) is 13.7. The number of hydrogen-bond acceptors (Lipinski definition) is 9. The van der Waals surface area contributed by atoms with Crippen LogP contribution in [-0.4, -0.2) is 76.2 Å². The van der Waals surface area contributed by atoms with Crippen molar-refractivity contribution in [2.45, 2.75) is 64.1 Å². The summed E-state index contributed by atoms with van der Waals surface area (Å²) >= 11 is 0. The summed E-state index contributed by atoms with van der Waals surface area (Å²) in [6, 6.07) is 3.94. The van der Waals surface area contributed by atoms with Gasteiger partial charge in [-0.15, -0.1) is 0 Å². The van der Waals surface area contributed by atoms with Gasteiger partial charge in [0.15, 0.2) is 11.6 Å². The molecule has 1 saturated heterocycles. The quantitative estimate of drug-likeness (QED) is 0.488. The molecular weight excluding hydrogens is 482 g/mol. The number of amides is 1. The van der Waals surface area contributed by atoms with Crippen molar-refractivity contribution in [3.05, 3.63) is 36.5 Å². The molecule has 1 aromatic carbocycles. The van der Waals surface area contributed by atoms with Crippen LogP contribution >= 0.6 is 0 Å². The zero-order valence-corrected chi connectivity index (χ0v) is 22.3. The van der Waals surface area contributed by atoms with E-state index in [1.54, 1.807) is 6.20 Å². The molecule has 10 heteroatoms. The number of carbonyl (C=O) groups is 1. The number of hydrogen-bond donors (Lipinski definition) is 2. The Kier molecular flexibility index (Phi) is 8.60. The number of ether oxygens (including phenoxy) is 2. The van der Waals surface area contributed by atoms with Crippen molar-refractivity contribution in [2.24, 2.45) is 0 Å². The molecular formula is C28H37N7O3. The minimum absolute atomic E-state index is 0.101. The molecule has 4 bridgehead atoms. The maximum atomic E-state index is 12.8. The van der Waals surface area contributed by atoms with Gasteiger partial charge >= 0.3 is 0 Å². The van der Waals surface area contributed by atoms with Crippen LogP contribution in [0.4, 0.5) is 5.82 Å². The number of nitrogens with zero attached hydrogens (tertiary/aromatic N) is 5. The Labute approximate surface area is 223 Å². The van der Waals surface area contributed by atoms with E-state index >= 15 is 0 Å². The van der Waals surface area contributed by atoms with E-state index in [-0.39, 0.29) is 18.0 Å². The summed E-state index contributed by atoms with van der Waals surface area (Å²) in [5, 5.41) is 6.66. The SMILES string of the molecule is CCCOCc1ncc(-c2ccc3ncc4nc3c2OCCCCCNC(=O)[C@@H]2C[C@H](CCN2C)N4)cn1. The lowest BCUT2D eigenvalue weighted by molar-refractivity contribution is -0.127. The normalized spacial score (nSPS) is 21.1. The summed E-state index contributed by atoms with van der Waals surface area (Å²) in [4.78, 5) is 33.6. The fourth-order valence-corrected chi connectivity index (χ4v) is 5.01. The number of benzene rings is 1. The van der Waals surface area contributed by atoms with Crippen LogP contribution < -0.4 is 15.4 Å². The van der Waals surface area contributed by atoms with E-state index < -0.39 is 0 Å². The number of nitrogens with one attached hydrogen (secondary N) is 2. The van der Waals surface area contributed by atoms with E-state index in [1.165, 1.54) is 0 Å². The fraction of sp³-hybridized carbons (Fsp3) is 0.536. The van der Waals surface area contributed by atoms with Gasteiger partial charge < -0.3 is 20.1 Å². The minimum atomic E-state index is -0.150. The van der Waals surface area contributed by atoms with Gasteiger partial charge in [0.1, 0.15) is 17.9 Å². The van der Waals surface area contributed by atoms with E-state index in [0.29, 0.717) is 49.3 Å². The highest BCUT2D eigenvalue weighted by Gasteiger charge is 2.31. The third kappa shape index (κ3) is 6.19. The average Bonchev–Trinajstić information content (AvgIpc) is 2.93. The molecule has 5 rings (SSSR count). The first-order valence-corrected chi connectivity index (χ1v) is 13.7. The van der Waals surface area contributed by atoms with Gasteiger partial charge in [0.2, 0.25) is 5.91 Å². The lowest BCUT2D eigenvalue weighted by Gasteiger charge is -2.36. The molecule has 2 aromatic heterocycles. The molecule has 2 N–H and O–H groups in total. The number of piperidine rings is 1. The Morgan fingerprint density at radius 1 is 1.13 bits per heavy atom. The van der Waals surface area contributed by atoms with Crippen LogP contribution in [0, 0.1) is 0 Å². The smallest absolute Gasteiger partial charge is 0.237 e. The van der Waals surface area contributed by atoms with Crippen LogP contribution in [0.15, 0.2) is 30.7 Å². The highest BCUT2D eigenvalue weighted by Crippen LogP contribution is 2.36. The molecule has 4 heterocycles. The van der Waals surface area contributed by atoms with Crippen molar-refractivity contribution in [1.29, 1.82) is 0 Å². The van der Waals surface area contributed by atoms with Crippen LogP contribution in [0.3, 0.4) is 0 Å². The molecule has 1 amide bonds. The average molecular weight is 520 g/mol. The number of fused-ring (bicyclic) bond motifs is 3. The van der Waals surface area contributed by atoms with Crippen LogP contribution in [0.5, 0.6) is 5.75 Å². The van der Waals surface area contributed by atoms with E-state index in [0.717, 1.165) is 61.7 Å². The third-order valence-corrected chi connectivity index (χ3v) is 7.16. The second kappa shape index (κ2) is 12.4. The standard InChI is InChI=1S/C28H37N7O3/c1-3-12-37-18-25-31-15-19(16-32-25)21-7-8-22-26-27(21)38-13-6-4-5-10-29-28(36)23-14-20(9-11-35(23)2)33-24(34-26)17-30-22/h7-8,15-17,20,23H,3-6,9-14,18H2,1-2H3,(H,29,36)(H,33,34)/t20-,23-/m0/s1. The topological polar surface area (TPSA) is 114 Å². The molecule has 2 aliphatic rings. The summed E-state index contributed by atoms with van der Waals surface area (Å²) in [7, 11) is 2.02.